The number of hydrogen-bond donors (Lipinski definition) is 1. The Morgan fingerprint density at radius 3 is 2.68 bits per heavy atom. The Hall–Kier alpha value is -1.03. The van der Waals surface area contributed by atoms with Crippen LogP contribution in [0.2, 0.25) is 5.02 Å². The number of aromatic amines is 1. The van der Waals surface area contributed by atoms with E-state index in [0.717, 1.165) is 41.4 Å². The summed E-state index contributed by atoms with van der Waals surface area (Å²) in [5.74, 6) is 0. The molecule has 0 aliphatic carbocycles. The van der Waals surface area contributed by atoms with Crippen molar-refractivity contribution in [2.75, 3.05) is 6.61 Å². The first-order valence-electron chi connectivity index (χ1n) is 6.17. The van der Waals surface area contributed by atoms with Crippen LogP contribution in [0, 0.1) is 0 Å². The maximum atomic E-state index is 5.88. The van der Waals surface area contributed by atoms with Crippen LogP contribution in [0.5, 0.6) is 0 Å². The molecule has 0 fully saturated rings. The molecule has 0 saturated carbocycles. The fraction of sp³-hybridized carbons (Fsp3) is 0.357. The second-order valence-electron chi connectivity index (χ2n) is 4.14. The van der Waals surface area contributed by atoms with Crippen molar-refractivity contribution in [3.8, 4) is 11.3 Å². The van der Waals surface area contributed by atoms with Crippen LogP contribution in [0.1, 0.15) is 25.5 Å². The predicted molar refractivity (Wildman–Crippen MR) is 80.8 cm³/mol. The minimum atomic E-state index is 0. The maximum Gasteiger partial charge on any atom is 0.0929 e. The first-order chi connectivity index (χ1) is 8.81. The van der Waals surface area contributed by atoms with E-state index in [4.69, 9.17) is 16.3 Å². The normalized spacial score (nSPS) is 10.2. The van der Waals surface area contributed by atoms with Crippen molar-refractivity contribution in [2.24, 2.45) is 0 Å². The van der Waals surface area contributed by atoms with Crippen LogP contribution in [0.15, 0.2) is 30.6 Å². The number of aromatic nitrogens is 2. The molecular formula is C14H18Cl2N2O. The standard InChI is InChI=1S/C14H17ClN2O.ClH/c1-2-3-8-18-9-13-14(17-10-16-13)11-4-6-12(15)7-5-11;/h4-7,10H,2-3,8-9H2,1H3,(H,16,17);1H. The van der Waals surface area contributed by atoms with Crippen LogP contribution in [0.25, 0.3) is 11.3 Å². The summed E-state index contributed by atoms with van der Waals surface area (Å²) in [6.45, 7) is 3.47. The van der Waals surface area contributed by atoms with Crippen molar-refractivity contribution in [3.63, 3.8) is 0 Å². The Morgan fingerprint density at radius 2 is 2.00 bits per heavy atom. The number of rotatable bonds is 6. The van der Waals surface area contributed by atoms with E-state index in [9.17, 15) is 0 Å². The van der Waals surface area contributed by atoms with E-state index < -0.39 is 0 Å². The van der Waals surface area contributed by atoms with Crippen molar-refractivity contribution in [2.45, 2.75) is 26.4 Å². The van der Waals surface area contributed by atoms with Crippen LogP contribution in [0.3, 0.4) is 0 Å². The minimum absolute atomic E-state index is 0. The molecule has 19 heavy (non-hydrogen) atoms. The molecule has 0 aliphatic rings. The molecule has 104 valence electrons. The van der Waals surface area contributed by atoms with E-state index in [-0.39, 0.29) is 12.4 Å². The monoisotopic (exact) mass is 300 g/mol. The molecule has 1 N–H and O–H groups in total. The second kappa shape index (κ2) is 8.20. The van der Waals surface area contributed by atoms with E-state index in [0.29, 0.717) is 6.61 Å². The van der Waals surface area contributed by atoms with Crippen LogP contribution in [0.4, 0.5) is 0 Å². The zero-order valence-corrected chi connectivity index (χ0v) is 12.4. The number of benzene rings is 1. The molecule has 0 spiro atoms. The highest BCUT2D eigenvalue weighted by atomic mass is 35.5. The summed E-state index contributed by atoms with van der Waals surface area (Å²) in [7, 11) is 0. The largest absolute Gasteiger partial charge is 0.375 e. The maximum absolute atomic E-state index is 5.88. The molecule has 1 aromatic carbocycles. The summed E-state index contributed by atoms with van der Waals surface area (Å²) >= 11 is 5.88. The number of H-pyrrole nitrogens is 1. The van der Waals surface area contributed by atoms with Crippen molar-refractivity contribution < 1.29 is 4.74 Å². The fourth-order valence-corrected chi connectivity index (χ4v) is 1.84. The Balaban J connectivity index is 0.00000180. The number of halogens is 2. The van der Waals surface area contributed by atoms with E-state index in [1.54, 1.807) is 6.33 Å². The zero-order valence-electron chi connectivity index (χ0n) is 10.9. The summed E-state index contributed by atoms with van der Waals surface area (Å²) in [4.78, 5) is 7.45. The van der Waals surface area contributed by atoms with Crippen LogP contribution < -0.4 is 0 Å². The van der Waals surface area contributed by atoms with Gasteiger partial charge in [-0.1, -0.05) is 37.1 Å². The van der Waals surface area contributed by atoms with E-state index in [1.165, 1.54) is 0 Å². The van der Waals surface area contributed by atoms with E-state index in [1.807, 2.05) is 24.3 Å². The molecule has 0 amide bonds. The van der Waals surface area contributed by atoms with Crippen molar-refractivity contribution in [1.29, 1.82) is 0 Å². The number of unbranched alkanes of at least 4 members (excludes halogenated alkanes) is 1. The van der Waals surface area contributed by atoms with Gasteiger partial charge < -0.3 is 9.72 Å². The quantitative estimate of drug-likeness (QED) is 0.799. The molecule has 0 aliphatic heterocycles. The van der Waals surface area contributed by atoms with E-state index >= 15 is 0 Å². The number of nitrogens with zero attached hydrogens (tertiary/aromatic N) is 1. The average Bonchev–Trinajstić information content (AvgIpc) is 2.84. The van der Waals surface area contributed by atoms with Gasteiger partial charge in [0.1, 0.15) is 0 Å². The molecule has 0 saturated heterocycles. The lowest BCUT2D eigenvalue weighted by Crippen LogP contribution is -1.97. The first-order valence-corrected chi connectivity index (χ1v) is 6.55. The summed E-state index contributed by atoms with van der Waals surface area (Å²) < 4.78 is 5.60. The van der Waals surface area contributed by atoms with Gasteiger partial charge in [-0.25, -0.2) is 4.98 Å². The Bertz CT molecular complexity index is 482. The van der Waals surface area contributed by atoms with Gasteiger partial charge in [-0.2, -0.15) is 0 Å². The van der Waals surface area contributed by atoms with Crippen LogP contribution in [-0.2, 0) is 11.3 Å². The van der Waals surface area contributed by atoms with Gasteiger partial charge in [0.2, 0.25) is 0 Å². The van der Waals surface area contributed by atoms with Crippen molar-refractivity contribution in [1.82, 2.24) is 9.97 Å². The highest BCUT2D eigenvalue weighted by Crippen LogP contribution is 2.22. The zero-order chi connectivity index (χ0) is 12.8. The molecule has 3 nitrogen and oxygen atoms in total. The molecule has 0 bridgehead atoms. The van der Waals surface area contributed by atoms with Gasteiger partial charge in [0.25, 0.3) is 0 Å². The van der Waals surface area contributed by atoms with Crippen molar-refractivity contribution >= 4 is 24.0 Å². The van der Waals surface area contributed by atoms with Crippen molar-refractivity contribution in [3.05, 3.63) is 41.3 Å². The topological polar surface area (TPSA) is 37.9 Å². The predicted octanol–water partition coefficient (Wildman–Crippen LogP) is 4.47. The van der Waals surface area contributed by atoms with Gasteiger partial charge in [-0.05, 0) is 18.6 Å². The van der Waals surface area contributed by atoms with E-state index in [2.05, 4.69) is 16.9 Å². The molecule has 0 radical (unpaired) electrons. The summed E-state index contributed by atoms with van der Waals surface area (Å²) in [6.07, 6.45) is 3.92. The third-order valence-corrected chi connectivity index (χ3v) is 2.98. The Labute approximate surface area is 124 Å². The average molecular weight is 301 g/mol. The molecule has 5 heteroatoms. The van der Waals surface area contributed by atoms with Gasteiger partial charge >= 0.3 is 0 Å². The third kappa shape index (κ3) is 4.53. The Morgan fingerprint density at radius 1 is 1.26 bits per heavy atom. The van der Waals surface area contributed by atoms with Crippen LogP contribution >= 0.6 is 24.0 Å². The third-order valence-electron chi connectivity index (χ3n) is 2.73. The molecule has 1 heterocycles. The highest BCUT2D eigenvalue weighted by molar-refractivity contribution is 6.30. The smallest absolute Gasteiger partial charge is 0.0929 e. The van der Waals surface area contributed by atoms with Gasteiger partial charge in [-0.15, -0.1) is 12.4 Å². The van der Waals surface area contributed by atoms with Gasteiger partial charge in [0, 0.05) is 17.2 Å². The molecule has 0 unspecified atom stereocenters. The minimum Gasteiger partial charge on any atom is -0.375 e. The highest BCUT2D eigenvalue weighted by Gasteiger charge is 2.07. The molecule has 2 rings (SSSR count). The SMILES string of the molecule is CCCCOCc1nc[nH]c1-c1ccc(Cl)cc1.Cl. The van der Waals surface area contributed by atoms with Gasteiger partial charge in [0.05, 0.1) is 24.3 Å². The summed E-state index contributed by atoms with van der Waals surface area (Å²) in [5.41, 5.74) is 3.02. The fourth-order valence-electron chi connectivity index (χ4n) is 1.71. The number of hydrogen-bond acceptors (Lipinski definition) is 2. The molecule has 0 atom stereocenters. The number of nitrogens with one attached hydrogen (secondary N) is 1. The molecule has 2 aromatic rings. The van der Waals surface area contributed by atoms with Crippen LogP contribution in [-0.4, -0.2) is 16.6 Å². The van der Waals surface area contributed by atoms with Gasteiger partial charge in [0.15, 0.2) is 0 Å². The second-order valence-corrected chi connectivity index (χ2v) is 4.57. The lowest BCUT2D eigenvalue weighted by atomic mass is 10.1. The molecular weight excluding hydrogens is 283 g/mol. The Kier molecular flexibility index (Phi) is 6.92. The number of ether oxygens (including phenoxy) is 1. The number of imidazole rings is 1. The molecule has 1 aromatic heterocycles. The van der Waals surface area contributed by atoms with Gasteiger partial charge in [-0.3, -0.25) is 0 Å². The lowest BCUT2D eigenvalue weighted by molar-refractivity contribution is 0.116. The first kappa shape index (κ1) is 16.0. The summed E-state index contributed by atoms with van der Waals surface area (Å²) in [5, 5.41) is 0.735. The summed E-state index contributed by atoms with van der Waals surface area (Å²) in [6, 6.07) is 7.70. The lowest BCUT2D eigenvalue weighted by Gasteiger charge is -2.04.